The summed E-state index contributed by atoms with van der Waals surface area (Å²) >= 11 is 1.12. The van der Waals surface area contributed by atoms with Crippen molar-refractivity contribution in [3.8, 4) is 0 Å². The van der Waals surface area contributed by atoms with Gasteiger partial charge in [0.05, 0.1) is 26.1 Å². The van der Waals surface area contributed by atoms with Gasteiger partial charge in [0.15, 0.2) is 16.3 Å². The van der Waals surface area contributed by atoms with Crippen LogP contribution in [0.1, 0.15) is 18.9 Å². The van der Waals surface area contributed by atoms with Gasteiger partial charge in [-0.25, -0.2) is 4.98 Å². The van der Waals surface area contributed by atoms with Gasteiger partial charge in [0.25, 0.3) is 5.56 Å². The van der Waals surface area contributed by atoms with Crippen LogP contribution < -0.4 is 11.3 Å². The molecule has 1 atom stereocenters. The number of imidazole rings is 1. The number of aromatic nitrogens is 4. The number of carbonyl (C=O) groups is 1. The first-order valence-corrected chi connectivity index (χ1v) is 13.0. The Morgan fingerprint density at radius 3 is 2.79 bits per heavy atom. The van der Waals surface area contributed by atoms with E-state index in [-0.39, 0.29) is 42.7 Å². The molecule has 1 unspecified atom stereocenters. The molecule has 178 valence electrons. The minimum atomic E-state index is -3.59. The molecular weight excluding hydrogens is 469 g/mol. The van der Waals surface area contributed by atoms with Gasteiger partial charge in [0.1, 0.15) is 6.35 Å². The summed E-state index contributed by atoms with van der Waals surface area (Å²) in [6, 6.07) is 9.29. The fourth-order valence-corrected chi connectivity index (χ4v) is 4.78. The van der Waals surface area contributed by atoms with E-state index in [0.29, 0.717) is 24.4 Å². The van der Waals surface area contributed by atoms with Crippen molar-refractivity contribution in [2.75, 3.05) is 31.0 Å². The van der Waals surface area contributed by atoms with Crippen LogP contribution in [0.25, 0.3) is 11.2 Å². The van der Waals surface area contributed by atoms with E-state index in [4.69, 9.17) is 19.5 Å². The number of hydrogen-bond donors (Lipinski definition) is 2. The van der Waals surface area contributed by atoms with Gasteiger partial charge >= 0.3 is 7.60 Å². The average molecular weight is 495 g/mol. The first-order chi connectivity index (χ1) is 15.9. The lowest BCUT2D eigenvalue weighted by atomic mass is 10.2. The predicted molar refractivity (Wildman–Crippen MR) is 126 cm³/mol. The van der Waals surface area contributed by atoms with Gasteiger partial charge in [-0.3, -0.25) is 19.1 Å². The van der Waals surface area contributed by atoms with Crippen molar-refractivity contribution in [1.29, 1.82) is 0 Å². The van der Waals surface area contributed by atoms with Gasteiger partial charge in [-0.15, -0.1) is 0 Å². The summed E-state index contributed by atoms with van der Waals surface area (Å²) < 4.78 is 31.5. The van der Waals surface area contributed by atoms with Gasteiger partial charge in [-0.2, -0.15) is 4.98 Å². The molecular formula is C20H26N5O6PS. The molecule has 0 aliphatic rings. The molecule has 2 aromatic heterocycles. The van der Waals surface area contributed by atoms with Gasteiger partial charge in [0.2, 0.25) is 5.95 Å². The third kappa shape index (κ3) is 7.51. The summed E-state index contributed by atoms with van der Waals surface area (Å²) in [6.07, 6.45) is 1.61. The molecule has 0 aliphatic heterocycles. The monoisotopic (exact) mass is 495 g/mol. The minimum Gasteiger partial charge on any atom is -0.369 e. The Labute approximate surface area is 194 Å². The lowest BCUT2D eigenvalue weighted by molar-refractivity contribution is -0.110. The minimum absolute atomic E-state index is 0.0122. The van der Waals surface area contributed by atoms with Gasteiger partial charge in [-0.1, -0.05) is 49.0 Å². The van der Waals surface area contributed by atoms with Crippen molar-refractivity contribution in [3.05, 3.63) is 52.6 Å². The van der Waals surface area contributed by atoms with E-state index in [9.17, 15) is 14.2 Å². The lowest BCUT2D eigenvalue weighted by Gasteiger charge is -2.19. The highest BCUT2D eigenvalue weighted by Crippen LogP contribution is 2.49. The molecule has 2 heterocycles. The highest BCUT2D eigenvalue weighted by molar-refractivity contribution is 8.13. The molecule has 3 rings (SSSR count). The van der Waals surface area contributed by atoms with Crippen LogP contribution in [-0.4, -0.2) is 49.9 Å². The Hall–Kier alpha value is -2.50. The van der Waals surface area contributed by atoms with Crippen molar-refractivity contribution in [2.45, 2.75) is 26.5 Å². The number of hydrogen-bond acceptors (Lipinski definition) is 10. The van der Waals surface area contributed by atoms with Gasteiger partial charge in [-0.05, 0) is 5.56 Å². The number of nitrogen functional groups attached to an aromatic ring is 1. The predicted octanol–water partition coefficient (Wildman–Crippen LogP) is 2.77. The Balaban J connectivity index is 1.56. The van der Waals surface area contributed by atoms with Crippen molar-refractivity contribution in [1.82, 2.24) is 19.5 Å². The van der Waals surface area contributed by atoms with Crippen LogP contribution in [0.5, 0.6) is 0 Å². The molecule has 0 saturated carbocycles. The molecule has 0 saturated heterocycles. The maximum atomic E-state index is 13.2. The van der Waals surface area contributed by atoms with Crippen molar-refractivity contribution in [2.24, 2.45) is 0 Å². The molecule has 3 N–H and O–H groups in total. The van der Waals surface area contributed by atoms with E-state index < -0.39 is 13.2 Å². The number of thioether (sulfide) groups is 1. The summed E-state index contributed by atoms with van der Waals surface area (Å²) in [5.74, 6) is 0.357. The third-order valence-corrected chi connectivity index (χ3v) is 6.99. The topological polar surface area (TPSA) is 151 Å². The Morgan fingerprint density at radius 2 is 2.03 bits per heavy atom. The number of nitrogens with zero attached hydrogens (tertiary/aromatic N) is 3. The molecule has 33 heavy (non-hydrogen) atoms. The van der Waals surface area contributed by atoms with Crippen molar-refractivity contribution < 1.29 is 23.1 Å². The van der Waals surface area contributed by atoms with Gasteiger partial charge < -0.3 is 24.1 Å². The quantitative estimate of drug-likeness (QED) is 0.267. The maximum absolute atomic E-state index is 13.2. The van der Waals surface area contributed by atoms with Crippen LogP contribution in [0.2, 0.25) is 0 Å². The van der Waals surface area contributed by atoms with E-state index in [1.807, 2.05) is 30.3 Å². The number of rotatable bonds is 13. The molecule has 0 aliphatic carbocycles. The van der Waals surface area contributed by atoms with E-state index in [2.05, 4.69) is 15.0 Å². The molecule has 11 nitrogen and oxygen atoms in total. The zero-order valence-corrected chi connectivity index (χ0v) is 19.8. The molecule has 3 aromatic rings. The molecule has 1 aromatic carbocycles. The van der Waals surface area contributed by atoms with E-state index >= 15 is 0 Å². The van der Waals surface area contributed by atoms with Crippen LogP contribution in [0.15, 0.2) is 41.5 Å². The number of ether oxygens (including phenoxy) is 1. The van der Waals surface area contributed by atoms with Crippen LogP contribution in [0.4, 0.5) is 5.95 Å². The van der Waals surface area contributed by atoms with Crippen LogP contribution in [-0.2, 0) is 36.3 Å². The van der Waals surface area contributed by atoms with Gasteiger partial charge in [0, 0.05) is 18.7 Å². The second kappa shape index (κ2) is 12.1. The molecule has 0 bridgehead atoms. The molecule has 0 radical (unpaired) electrons. The number of benzene rings is 1. The summed E-state index contributed by atoms with van der Waals surface area (Å²) in [6.45, 7) is 2.41. The number of H-pyrrole nitrogens is 1. The molecule has 0 fully saturated rings. The normalized spacial score (nSPS) is 13.2. The number of fused-ring (bicyclic) bond motifs is 1. The fraction of sp³-hybridized carbons (Fsp3) is 0.400. The highest BCUT2D eigenvalue weighted by atomic mass is 32.2. The number of nitrogens with one attached hydrogen (secondary N) is 1. The summed E-state index contributed by atoms with van der Waals surface area (Å²) in [7, 11) is -3.59. The van der Waals surface area contributed by atoms with E-state index in [1.165, 1.54) is 6.33 Å². The van der Waals surface area contributed by atoms with Crippen molar-refractivity contribution >= 4 is 41.6 Å². The second-order valence-corrected chi connectivity index (χ2v) is 10.0. The van der Waals surface area contributed by atoms with Crippen molar-refractivity contribution in [3.63, 3.8) is 0 Å². The summed E-state index contributed by atoms with van der Waals surface area (Å²) in [5.41, 5.74) is 6.52. The summed E-state index contributed by atoms with van der Waals surface area (Å²) in [5, 5.41) is 0.0375. The first kappa shape index (κ1) is 25.1. The van der Waals surface area contributed by atoms with Crippen LogP contribution in [0.3, 0.4) is 0 Å². The standard InChI is InChI=1S/C20H26N5O6PS/c1-2-16(26)33-11-10-30-32(28,31-12-15-6-4-3-5-7-15)14-29-9-8-25-13-22-17-18(25)23-20(21)24-19(17)27/h3-7,13H,2,8-12,14H2,1H3,(H3,21,23,24,27). The molecule has 0 spiro atoms. The third-order valence-electron chi connectivity index (χ3n) is 4.41. The van der Waals surface area contributed by atoms with E-state index in [0.717, 1.165) is 17.3 Å². The first-order valence-electron chi connectivity index (χ1n) is 10.3. The molecule has 0 amide bonds. The van der Waals surface area contributed by atoms with E-state index in [1.54, 1.807) is 11.5 Å². The average Bonchev–Trinajstić information content (AvgIpc) is 3.22. The summed E-state index contributed by atoms with van der Waals surface area (Å²) in [4.78, 5) is 33.8. The van der Waals surface area contributed by atoms with Crippen LogP contribution >= 0.6 is 19.4 Å². The zero-order chi connectivity index (χ0) is 23.7. The Morgan fingerprint density at radius 1 is 1.24 bits per heavy atom. The molecule has 13 heteroatoms. The smallest absolute Gasteiger partial charge is 0.356 e. The lowest BCUT2D eigenvalue weighted by Crippen LogP contribution is -2.13. The fourth-order valence-electron chi connectivity index (χ4n) is 2.77. The number of carbonyl (C=O) groups excluding carboxylic acids is 1. The number of nitrogens with two attached hydrogens (primary N) is 1. The zero-order valence-electron chi connectivity index (χ0n) is 18.1. The Bertz CT molecular complexity index is 1170. The SMILES string of the molecule is CCC(=O)SCCOP(=O)(COCCn1cnc2c(=O)[nH]c(N)nc21)OCc1ccccc1. The Kier molecular flexibility index (Phi) is 9.21. The maximum Gasteiger partial charge on any atom is 0.356 e. The highest BCUT2D eigenvalue weighted by Gasteiger charge is 2.25. The number of anilines is 1. The largest absolute Gasteiger partial charge is 0.369 e. The second-order valence-electron chi connectivity index (χ2n) is 6.88. The van der Waals surface area contributed by atoms with Crippen LogP contribution in [0, 0.1) is 0 Å². The number of aromatic amines is 1.